The van der Waals surface area contributed by atoms with Crippen molar-refractivity contribution in [3.63, 3.8) is 0 Å². The number of benzene rings is 1. The van der Waals surface area contributed by atoms with Gasteiger partial charge in [0.05, 0.1) is 14.2 Å². The summed E-state index contributed by atoms with van der Waals surface area (Å²) in [6.45, 7) is 4.64. The van der Waals surface area contributed by atoms with Crippen molar-refractivity contribution < 1.29 is 18.8 Å². The van der Waals surface area contributed by atoms with Gasteiger partial charge < -0.3 is 19.3 Å². The molecule has 1 aliphatic heterocycles. The van der Waals surface area contributed by atoms with Crippen molar-refractivity contribution in [1.82, 2.24) is 15.4 Å². The zero-order chi connectivity index (χ0) is 19.7. The fourth-order valence-electron chi connectivity index (χ4n) is 3.80. The molecule has 0 bridgehead atoms. The number of methoxy groups -OCH3 is 2. The number of rotatable bonds is 7. The Bertz CT molecular complexity index is 824. The molecule has 1 aliphatic carbocycles. The van der Waals surface area contributed by atoms with Gasteiger partial charge in [0.15, 0.2) is 5.69 Å². The molecule has 0 spiro atoms. The van der Waals surface area contributed by atoms with Crippen molar-refractivity contribution in [1.29, 1.82) is 0 Å². The number of hydrogen-bond donors (Lipinski definition) is 1. The molecule has 2 atom stereocenters. The SMILES string of the molecule is COc1cc(CN2C[C@H](NC(=O)c3cc(C4CC4)on3)[C@@H](C)C2)cc(OC)c1. The van der Waals surface area contributed by atoms with Crippen LogP contribution < -0.4 is 14.8 Å². The van der Waals surface area contributed by atoms with Crippen molar-refractivity contribution in [3.8, 4) is 11.5 Å². The summed E-state index contributed by atoms with van der Waals surface area (Å²) in [6.07, 6.45) is 2.25. The minimum absolute atomic E-state index is 0.0843. The second-order valence-electron chi connectivity index (χ2n) is 7.86. The highest BCUT2D eigenvalue weighted by molar-refractivity contribution is 5.92. The quantitative estimate of drug-likeness (QED) is 0.790. The van der Waals surface area contributed by atoms with E-state index in [4.69, 9.17) is 14.0 Å². The van der Waals surface area contributed by atoms with Crippen LogP contribution in [-0.2, 0) is 6.54 Å². The third kappa shape index (κ3) is 4.14. The van der Waals surface area contributed by atoms with E-state index >= 15 is 0 Å². The number of nitrogens with one attached hydrogen (secondary N) is 1. The van der Waals surface area contributed by atoms with E-state index in [9.17, 15) is 4.79 Å². The summed E-state index contributed by atoms with van der Waals surface area (Å²) in [5.74, 6) is 3.05. The highest BCUT2D eigenvalue weighted by Crippen LogP contribution is 2.40. The lowest BCUT2D eigenvalue weighted by atomic mass is 10.1. The number of ether oxygens (including phenoxy) is 2. The highest BCUT2D eigenvalue weighted by Gasteiger charge is 2.33. The standard InChI is InChI=1S/C21H27N3O4/c1-13-10-24(11-14-6-16(26-2)8-17(7-14)27-3)12-19(13)22-21(25)18-9-20(28-23-18)15-4-5-15/h6-9,13,15,19H,4-5,10-12H2,1-3H3,(H,22,25)/t13-,19-/m0/s1. The Labute approximate surface area is 165 Å². The molecule has 7 heteroatoms. The van der Waals surface area contributed by atoms with Crippen LogP contribution in [0.3, 0.4) is 0 Å². The summed E-state index contributed by atoms with van der Waals surface area (Å²) >= 11 is 0. The van der Waals surface area contributed by atoms with Gasteiger partial charge in [0.2, 0.25) is 0 Å². The third-order valence-corrected chi connectivity index (χ3v) is 5.56. The molecule has 2 aromatic rings. The molecule has 0 unspecified atom stereocenters. The van der Waals surface area contributed by atoms with Crippen LogP contribution in [0, 0.1) is 5.92 Å². The average molecular weight is 385 g/mol. The van der Waals surface area contributed by atoms with Crippen LogP contribution in [0.1, 0.15) is 47.5 Å². The number of aromatic nitrogens is 1. The molecule has 1 aromatic carbocycles. The molecule has 1 saturated heterocycles. The first-order chi connectivity index (χ1) is 13.6. The number of hydrogen-bond acceptors (Lipinski definition) is 6. The van der Waals surface area contributed by atoms with Crippen molar-refractivity contribution in [2.24, 2.45) is 5.92 Å². The molecule has 2 heterocycles. The number of amides is 1. The minimum Gasteiger partial charge on any atom is -0.497 e. The maximum atomic E-state index is 12.5. The zero-order valence-corrected chi connectivity index (χ0v) is 16.6. The summed E-state index contributed by atoms with van der Waals surface area (Å²) in [5, 5.41) is 7.07. The molecular formula is C21H27N3O4. The van der Waals surface area contributed by atoms with E-state index in [0.29, 0.717) is 17.5 Å². The van der Waals surface area contributed by atoms with E-state index in [-0.39, 0.29) is 11.9 Å². The summed E-state index contributed by atoms with van der Waals surface area (Å²) in [7, 11) is 3.31. The summed E-state index contributed by atoms with van der Waals surface area (Å²) in [4.78, 5) is 14.9. The second-order valence-corrected chi connectivity index (χ2v) is 7.86. The summed E-state index contributed by atoms with van der Waals surface area (Å²) < 4.78 is 16.0. The molecule has 1 saturated carbocycles. The molecule has 1 amide bonds. The molecule has 0 radical (unpaired) electrons. The Morgan fingerprint density at radius 1 is 1.18 bits per heavy atom. The Morgan fingerprint density at radius 2 is 1.89 bits per heavy atom. The Kier molecular flexibility index (Phi) is 5.26. The molecule has 7 nitrogen and oxygen atoms in total. The van der Waals surface area contributed by atoms with Gasteiger partial charge in [0.25, 0.3) is 5.91 Å². The van der Waals surface area contributed by atoms with E-state index in [2.05, 4.69) is 22.3 Å². The van der Waals surface area contributed by atoms with Crippen LogP contribution in [0.15, 0.2) is 28.8 Å². The van der Waals surface area contributed by atoms with Gasteiger partial charge >= 0.3 is 0 Å². The number of likely N-dealkylation sites (tertiary alicyclic amines) is 1. The smallest absolute Gasteiger partial charge is 0.273 e. The van der Waals surface area contributed by atoms with E-state index in [1.165, 1.54) is 0 Å². The number of carbonyl (C=O) groups excluding carboxylic acids is 1. The van der Waals surface area contributed by atoms with Crippen molar-refractivity contribution in [3.05, 3.63) is 41.3 Å². The van der Waals surface area contributed by atoms with Gasteiger partial charge in [-0.1, -0.05) is 12.1 Å². The van der Waals surface area contributed by atoms with Crippen molar-refractivity contribution >= 4 is 5.91 Å². The topological polar surface area (TPSA) is 76.8 Å². The molecule has 150 valence electrons. The van der Waals surface area contributed by atoms with Crippen LogP contribution in [0.25, 0.3) is 0 Å². The summed E-state index contributed by atoms with van der Waals surface area (Å²) in [6, 6.07) is 7.78. The van der Waals surface area contributed by atoms with Crippen molar-refractivity contribution in [2.75, 3.05) is 27.3 Å². The van der Waals surface area contributed by atoms with Gasteiger partial charge in [0.1, 0.15) is 17.3 Å². The van der Waals surface area contributed by atoms with Crippen LogP contribution in [0.4, 0.5) is 0 Å². The molecule has 1 N–H and O–H groups in total. The normalized spacial score (nSPS) is 22.2. The first-order valence-corrected chi connectivity index (χ1v) is 9.77. The van der Waals surface area contributed by atoms with Gasteiger partial charge in [0, 0.05) is 43.7 Å². The Balaban J connectivity index is 1.36. The van der Waals surface area contributed by atoms with E-state index in [1.807, 2.05) is 18.2 Å². The molecule has 2 aliphatic rings. The second kappa shape index (κ2) is 7.83. The maximum Gasteiger partial charge on any atom is 0.273 e. The van der Waals surface area contributed by atoms with Crippen LogP contribution in [0.2, 0.25) is 0 Å². The van der Waals surface area contributed by atoms with Crippen LogP contribution in [-0.4, -0.2) is 49.3 Å². The lowest BCUT2D eigenvalue weighted by Gasteiger charge is -2.17. The van der Waals surface area contributed by atoms with Gasteiger partial charge in [-0.2, -0.15) is 0 Å². The molecular weight excluding hydrogens is 358 g/mol. The van der Waals surface area contributed by atoms with Gasteiger partial charge in [-0.05, 0) is 36.5 Å². The van der Waals surface area contributed by atoms with Gasteiger partial charge in [-0.3, -0.25) is 9.69 Å². The molecule has 4 rings (SSSR count). The molecule has 1 aromatic heterocycles. The largest absolute Gasteiger partial charge is 0.497 e. The average Bonchev–Trinajstić information content (AvgIpc) is 3.32. The number of carbonyl (C=O) groups is 1. The Hall–Kier alpha value is -2.54. The van der Waals surface area contributed by atoms with Gasteiger partial charge in [-0.25, -0.2) is 0 Å². The minimum atomic E-state index is -0.155. The molecule has 2 fully saturated rings. The lowest BCUT2D eigenvalue weighted by molar-refractivity contribution is 0.0922. The fraction of sp³-hybridized carbons (Fsp3) is 0.524. The van der Waals surface area contributed by atoms with Crippen LogP contribution >= 0.6 is 0 Å². The predicted octanol–water partition coefficient (Wildman–Crippen LogP) is 2.82. The Morgan fingerprint density at radius 3 is 2.54 bits per heavy atom. The number of nitrogens with zero attached hydrogens (tertiary/aromatic N) is 2. The summed E-state index contributed by atoms with van der Waals surface area (Å²) in [5.41, 5.74) is 1.51. The van der Waals surface area contributed by atoms with E-state index in [0.717, 1.165) is 55.3 Å². The highest BCUT2D eigenvalue weighted by atomic mass is 16.5. The third-order valence-electron chi connectivity index (χ3n) is 5.56. The first kappa shape index (κ1) is 18.8. The van der Waals surface area contributed by atoms with Crippen molar-refractivity contribution in [2.45, 2.75) is 38.3 Å². The monoisotopic (exact) mass is 385 g/mol. The lowest BCUT2D eigenvalue weighted by Crippen LogP contribution is -2.39. The zero-order valence-electron chi connectivity index (χ0n) is 16.6. The fourth-order valence-corrected chi connectivity index (χ4v) is 3.80. The van der Waals surface area contributed by atoms with E-state index < -0.39 is 0 Å². The first-order valence-electron chi connectivity index (χ1n) is 9.77. The van der Waals surface area contributed by atoms with E-state index in [1.54, 1.807) is 20.3 Å². The van der Waals surface area contributed by atoms with Gasteiger partial charge in [-0.15, -0.1) is 0 Å². The predicted molar refractivity (Wildman–Crippen MR) is 104 cm³/mol. The molecule has 28 heavy (non-hydrogen) atoms. The maximum absolute atomic E-state index is 12.5. The van der Waals surface area contributed by atoms with Crippen LogP contribution in [0.5, 0.6) is 11.5 Å².